The number of benzene rings is 2. The SMILES string of the molecule is CC(C)(C)C(=O)Nc1ccc(C(=O)N/N=C\[C@@H]2C(=O)NC(=O)N(c3ccc(Cl)cc3)C2=O)cc1. The van der Waals surface area contributed by atoms with Gasteiger partial charge in [0.2, 0.25) is 11.8 Å². The zero-order valence-corrected chi connectivity index (χ0v) is 19.3. The molecule has 0 aliphatic carbocycles. The van der Waals surface area contributed by atoms with Crippen LogP contribution in [0.15, 0.2) is 53.6 Å². The average Bonchev–Trinajstić information content (AvgIpc) is 2.77. The summed E-state index contributed by atoms with van der Waals surface area (Å²) in [6, 6.07) is 11.1. The quantitative estimate of drug-likeness (QED) is 0.341. The van der Waals surface area contributed by atoms with E-state index in [9.17, 15) is 24.0 Å². The minimum Gasteiger partial charge on any atom is -0.326 e. The molecule has 1 heterocycles. The summed E-state index contributed by atoms with van der Waals surface area (Å²) in [7, 11) is 0. The molecule has 34 heavy (non-hydrogen) atoms. The normalized spacial score (nSPS) is 16.4. The lowest BCUT2D eigenvalue weighted by atomic mass is 9.95. The van der Waals surface area contributed by atoms with Crippen molar-refractivity contribution in [2.24, 2.45) is 16.4 Å². The maximum atomic E-state index is 12.7. The van der Waals surface area contributed by atoms with Gasteiger partial charge in [0.15, 0.2) is 5.92 Å². The van der Waals surface area contributed by atoms with Gasteiger partial charge in [0.25, 0.3) is 11.8 Å². The van der Waals surface area contributed by atoms with E-state index >= 15 is 0 Å². The van der Waals surface area contributed by atoms with Gasteiger partial charge in [-0.05, 0) is 48.5 Å². The Morgan fingerprint density at radius 3 is 2.24 bits per heavy atom. The molecule has 0 unspecified atom stereocenters. The molecule has 2 aromatic rings. The number of nitrogens with zero attached hydrogens (tertiary/aromatic N) is 2. The Morgan fingerprint density at radius 2 is 1.65 bits per heavy atom. The van der Waals surface area contributed by atoms with Crippen LogP contribution < -0.4 is 21.0 Å². The zero-order chi connectivity index (χ0) is 25.0. The van der Waals surface area contributed by atoms with Gasteiger partial charge in [0, 0.05) is 27.9 Å². The summed E-state index contributed by atoms with van der Waals surface area (Å²) >= 11 is 5.83. The number of nitrogens with one attached hydrogen (secondary N) is 3. The minimum absolute atomic E-state index is 0.171. The predicted octanol–water partition coefficient (Wildman–Crippen LogP) is 2.94. The topological polar surface area (TPSA) is 137 Å². The molecular weight excluding hydrogens is 462 g/mol. The number of halogens is 1. The van der Waals surface area contributed by atoms with Crippen LogP contribution in [0.4, 0.5) is 16.2 Å². The van der Waals surface area contributed by atoms with E-state index in [4.69, 9.17) is 11.6 Å². The Hall–Kier alpha value is -4.05. The van der Waals surface area contributed by atoms with Gasteiger partial charge in [-0.3, -0.25) is 24.5 Å². The van der Waals surface area contributed by atoms with Gasteiger partial charge in [0.05, 0.1) is 5.69 Å². The molecule has 11 heteroatoms. The minimum atomic E-state index is -1.43. The number of hydrazone groups is 1. The fourth-order valence-electron chi connectivity index (χ4n) is 2.81. The summed E-state index contributed by atoms with van der Waals surface area (Å²) in [5.74, 6) is -3.89. The van der Waals surface area contributed by atoms with Crippen molar-refractivity contribution in [3.05, 3.63) is 59.1 Å². The molecule has 6 amide bonds. The molecule has 1 aliphatic rings. The first-order valence-corrected chi connectivity index (χ1v) is 10.5. The van der Waals surface area contributed by atoms with Crippen molar-refractivity contribution in [3.8, 4) is 0 Å². The number of urea groups is 1. The van der Waals surface area contributed by atoms with Gasteiger partial charge in [-0.25, -0.2) is 15.1 Å². The summed E-state index contributed by atoms with van der Waals surface area (Å²) in [5.41, 5.74) is 2.65. The standard InChI is InChI=1S/C23H22ClN5O5/c1-23(2,3)21(33)26-15-8-4-13(5-9-15)18(30)28-25-12-17-19(31)27-22(34)29(20(17)32)16-10-6-14(24)7-11-16/h4-12,17H,1-3H3,(H,26,33)(H,28,30)(H,27,31,34)/b25-12-/t17-/m1/s1. The third-order valence-corrected chi connectivity index (χ3v) is 5.01. The van der Waals surface area contributed by atoms with Gasteiger partial charge in [-0.2, -0.15) is 5.10 Å². The van der Waals surface area contributed by atoms with Crippen molar-refractivity contribution < 1.29 is 24.0 Å². The lowest BCUT2D eigenvalue weighted by Crippen LogP contribution is -2.58. The van der Waals surface area contributed by atoms with Gasteiger partial charge < -0.3 is 5.32 Å². The van der Waals surface area contributed by atoms with E-state index in [0.717, 1.165) is 11.1 Å². The summed E-state index contributed by atoms with van der Waals surface area (Å²) in [6.45, 7) is 5.35. The Balaban J connectivity index is 1.65. The molecule has 1 fully saturated rings. The van der Waals surface area contributed by atoms with Crippen LogP contribution in [0.3, 0.4) is 0 Å². The molecule has 1 saturated heterocycles. The van der Waals surface area contributed by atoms with Crippen LogP contribution in [-0.2, 0) is 14.4 Å². The van der Waals surface area contributed by atoms with Crippen molar-refractivity contribution >= 4 is 58.9 Å². The van der Waals surface area contributed by atoms with Crippen molar-refractivity contribution in [2.45, 2.75) is 20.8 Å². The fraction of sp³-hybridized carbons (Fsp3) is 0.217. The predicted molar refractivity (Wildman–Crippen MR) is 126 cm³/mol. The number of barbiturate groups is 1. The van der Waals surface area contributed by atoms with E-state index in [0.29, 0.717) is 10.7 Å². The van der Waals surface area contributed by atoms with Crippen LogP contribution in [0.25, 0.3) is 0 Å². The molecule has 1 atom stereocenters. The summed E-state index contributed by atoms with van der Waals surface area (Å²) < 4.78 is 0. The number of carbonyl (C=O) groups excluding carboxylic acids is 5. The highest BCUT2D eigenvalue weighted by Crippen LogP contribution is 2.22. The number of amides is 6. The van der Waals surface area contributed by atoms with E-state index in [1.807, 2.05) is 0 Å². The molecule has 0 radical (unpaired) electrons. The molecule has 176 valence electrons. The average molecular weight is 484 g/mol. The Bertz CT molecular complexity index is 1170. The number of rotatable bonds is 5. The lowest BCUT2D eigenvalue weighted by molar-refractivity contribution is -0.131. The Labute approximate surface area is 200 Å². The number of hydrogen-bond acceptors (Lipinski definition) is 6. The lowest BCUT2D eigenvalue weighted by Gasteiger charge is -2.28. The summed E-state index contributed by atoms with van der Waals surface area (Å²) in [4.78, 5) is 62.2. The smallest absolute Gasteiger partial charge is 0.326 e. The molecule has 0 spiro atoms. The monoisotopic (exact) mass is 483 g/mol. The van der Waals surface area contributed by atoms with Crippen molar-refractivity contribution in [1.29, 1.82) is 0 Å². The van der Waals surface area contributed by atoms with Crippen LogP contribution in [0.5, 0.6) is 0 Å². The van der Waals surface area contributed by atoms with E-state index in [2.05, 4.69) is 21.2 Å². The third kappa shape index (κ3) is 5.65. The zero-order valence-electron chi connectivity index (χ0n) is 18.6. The van der Waals surface area contributed by atoms with Gasteiger partial charge in [-0.1, -0.05) is 32.4 Å². The van der Waals surface area contributed by atoms with E-state index in [1.54, 1.807) is 32.9 Å². The molecular formula is C23H22ClN5O5. The first kappa shape index (κ1) is 24.6. The van der Waals surface area contributed by atoms with Crippen molar-refractivity contribution in [2.75, 3.05) is 10.2 Å². The highest BCUT2D eigenvalue weighted by molar-refractivity contribution is 6.33. The maximum absolute atomic E-state index is 12.7. The van der Waals surface area contributed by atoms with Crippen molar-refractivity contribution in [3.63, 3.8) is 0 Å². The van der Waals surface area contributed by atoms with Gasteiger partial charge >= 0.3 is 6.03 Å². The van der Waals surface area contributed by atoms with Crippen molar-refractivity contribution in [1.82, 2.24) is 10.7 Å². The first-order valence-electron chi connectivity index (χ1n) is 10.2. The molecule has 10 nitrogen and oxygen atoms in total. The van der Waals surface area contributed by atoms with E-state index in [1.165, 1.54) is 36.4 Å². The van der Waals surface area contributed by atoms with Gasteiger partial charge in [-0.15, -0.1) is 0 Å². The second-order valence-electron chi connectivity index (χ2n) is 8.42. The second kappa shape index (κ2) is 9.84. The largest absolute Gasteiger partial charge is 0.335 e. The Kier molecular flexibility index (Phi) is 7.11. The van der Waals surface area contributed by atoms with Crippen LogP contribution >= 0.6 is 11.6 Å². The number of hydrogen-bond donors (Lipinski definition) is 3. The first-order chi connectivity index (χ1) is 16.0. The number of imide groups is 2. The van der Waals surface area contributed by atoms with E-state index < -0.39 is 35.1 Å². The highest BCUT2D eigenvalue weighted by atomic mass is 35.5. The van der Waals surface area contributed by atoms with Crippen LogP contribution in [-0.4, -0.2) is 35.9 Å². The van der Waals surface area contributed by atoms with Crippen LogP contribution in [0, 0.1) is 11.3 Å². The maximum Gasteiger partial charge on any atom is 0.335 e. The molecule has 3 rings (SSSR count). The highest BCUT2D eigenvalue weighted by Gasteiger charge is 2.40. The molecule has 0 saturated carbocycles. The van der Waals surface area contributed by atoms with Crippen LogP contribution in [0.2, 0.25) is 5.02 Å². The third-order valence-electron chi connectivity index (χ3n) is 4.76. The second-order valence-corrected chi connectivity index (χ2v) is 8.86. The molecule has 0 aromatic heterocycles. The Morgan fingerprint density at radius 1 is 1.03 bits per heavy atom. The van der Waals surface area contributed by atoms with Gasteiger partial charge in [0.1, 0.15) is 0 Å². The fourth-order valence-corrected chi connectivity index (χ4v) is 2.94. The number of carbonyl (C=O) groups is 5. The molecule has 2 aromatic carbocycles. The summed E-state index contributed by atoms with van der Waals surface area (Å²) in [5, 5.41) is 8.95. The van der Waals surface area contributed by atoms with E-state index in [-0.39, 0.29) is 17.2 Å². The molecule has 1 aliphatic heterocycles. The summed E-state index contributed by atoms with van der Waals surface area (Å²) in [6.07, 6.45) is 0.947. The number of anilines is 2. The van der Waals surface area contributed by atoms with Crippen LogP contribution in [0.1, 0.15) is 31.1 Å². The molecule has 3 N–H and O–H groups in total. The molecule has 0 bridgehead atoms.